The second-order valence-corrected chi connectivity index (χ2v) is 12.4. The van der Waals surface area contributed by atoms with Crippen LogP contribution in [0.2, 0.25) is 0 Å². The monoisotopic (exact) mass is 636 g/mol. The van der Waals surface area contributed by atoms with Gasteiger partial charge in [-0.25, -0.2) is 0 Å². The molecule has 0 bridgehead atoms. The molecule has 10 atom stereocenters. The van der Waals surface area contributed by atoms with Gasteiger partial charge in [0.25, 0.3) is 0 Å². The Kier molecular flexibility index (Phi) is 20.1. The van der Waals surface area contributed by atoms with Crippen molar-refractivity contribution in [3.63, 3.8) is 0 Å². The van der Waals surface area contributed by atoms with E-state index in [1.165, 1.54) is 83.5 Å². The van der Waals surface area contributed by atoms with Crippen LogP contribution in [0.15, 0.2) is 0 Å². The van der Waals surface area contributed by atoms with E-state index < -0.39 is 80.6 Å². The number of rotatable bonds is 23. The summed E-state index contributed by atoms with van der Waals surface area (Å²) in [5, 5.41) is 70.3. The minimum absolute atomic E-state index is 0.205. The molecule has 7 N–H and O–H groups in total. The van der Waals surface area contributed by atoms with Crippen molar-refractivity contribution in [1.82, 2.24) is 0 Å². The number of aliphatic hydroxyl groups is 7. The van der Waals surface area contributed by atoms with E-state index >= 15 is 0 Å². The molecule has 12 heteroatoms. The highest BCUT2D eigenvalue weighted by molar-refractivity contribution is 5.69. The van der Waals surface area contributed by atoms with Crippen LogP contribution >= 0.6 is 0 Å². The second kappa shape index (κ2) is 22.6. The quantitative estimate of drug-likeness (QED) is 0.0639. The first kappa shape index (κ1) is 39.2. The number of hydrogen-bond donors (Lipinski definition) is 7. The van der Waals surface area contributed by atoms with Gasteiger partial charge in [-0.1, -0.05) is 110 Å². The Balaban J connectivity index is 1.55. The van der Waals surface area contributed by atoms with Gasteiger partial charge in [-0.15, -0.1) is 0 Å². The Morgan fingerprint density at radius 1 is 0.591 bits per heavy atom. The van der Waals surface area contributed by atoms with E-state index in [9.17, 15) is 40.5 Å². The lowest BCUT2D eigenvalue weighted by atomic mass is 9.97. The lowest BCUT2D eigenvalue weighted by Gasteiger charge is -2.45. The van der Waals surface area contributed by atoms with E-state index in [1.807, 2.05) is 0 Å². The molecule has 0 aromatic heterocycles. The minimum Gasteiger partial charge on any atom is -0.463 e. The molecule has 12 nitrogen and oxygen atoms in total. The van der Waals surface area contributed by atoms with E-state index in [0.717, 1.165) is 19.3 Å². The van der Waals surface area contributed by atoms with Crippen molar-refractivity contribution < 1.29 is 59.5 Å². The van der Waals surface area contributed by atoms with Crippen molar-refractivity contribution in [3.8, 4) is 0 Å². The van der Waals surface area contributed by atoms with Gasteiger partial charge < -0.3 is 54.7 Å². The Bertz CT molecular complexity index is 740. The third kappa shape index (κ3) is 13.8. The lowest BCUT2D eigenvalue weighted by molar-refractivity contribution is -0.355. The number of hydrogen-bond acceptors (Lipinski definition) is 12. The molecule has 2 heterocycles. The van der Waals surface area contributed by atoms with Crippen LogP contribution in [0, 0.1) is 0 Å². The average Bonchev–Trinajstić information content (AvgIpc) is 3.02. The predicted molar refractivity (Wildman–Crippen MR) is 161 cm³/mol. The Hall–Kier alpha value is -0.930. The molecule has 0 aliphatic carbocycles. The van der Waals surface area contributed by atoms with Gasteiger partial charge in [0.05, 0.1) is 6.61 Å². The second-order valence-electron chi connectivity index (χ2n) is 12.4. The maximum Gasteiger partial charge on any atom is 0.305 e. The van der Waals surface area contributed by atoms with Crippen molar-refractivity contribution in [2.75, 3.05) is 13.2 Å². The molecule has 0 spiro atoms. The lowest BCUT2D eigenvalue weighted by Crippen LogP contribution is -2.64. The number of aliphatic hydroxyl groups excluding tert-OH is 7. The first-order valence-electron chi connectivity index (χ1n) is 17.0. The third-order valence-electron chi connectivity index (χ3n) is 8.69. The van der Waals surface area contributed by atoms with Crippen molar-refractivity contribution in [2.45, 2.75) is 184 Å². The zero-order chi connectivity index (χ0) is 32.3. The standard InChI is InChI=1S/C32H60O12/c1-2-3-4-5-6-7-8-9-10-11-12-13-14-15-16-17-18-19-24(34)41-21-23-25(35)26(36)29(39)32(43-23)44-30-22(20-33)42-31(40)28(38)27(30)37/h22-23,25-33,35-40H,2-21H2,1H3/t22-,23-,25-,26+,27-,28+,29+,30-,31?,32+/m1/s1. The summed E-state index contributed by atoms with van der Waals surface area (Å²) in [6, 6.07) is 0. The van der Waals surface area contributed by atoms with E-state index in [-0.39, 0.29) is 6.42 Å². The largest absolute Gasteiger partial charge is 0.463 e. The van der Waals surface area contributed by atoms with Gasteiger partial charge in [0, 0.05) is 6.42 Å². The summed E-state index contributed by atoms with van der Waals surface area (Å²) in [6.45, 7) is 1.15. The normalized spacial score (nSPS) is 32.5. The summed E-state index contributed by atoms with van der Waals surface area (Å²) in [6.07, 6.45) is 5.43. The van der Waals surface area contributed by atoms with Crippen LogP contribution in [-0.4, -0.2) is 116 Å². The number of carbonyl (C=O) groups excluding carboxylic acids is 1. The van der Waals surface area contributed by atoms with Gasteiger partial charge in [-0.05, 0) is 6.42 Å². The topological polar surface area (TPSA) is 196 Å². The molecule has 2 aliphatic heterocycles. The van der Waals surface area contributed by atoms with Gasteiger partial charge in [0.1, 0.15) is 55.4 Å². The highest BCUT2D eigenvalue weighted by atomic mass is 16.7. The summed E-state index contributed by atoms with van der Waals surface area (Å²) in [4.78, 5) is 12.3. The van der Waals surface area contributed by atoms with E-state index in [4.69, 9.17) is 18.9 Å². The molecule has 2 fully saturated rings. The van der Waals surface area contributed by atoms with Crippen LogP contribution in [0.5, 0.6) is 0 Å². The van der Waals surface area contributed by atoms with Crippen LogP contribution in [-0.2, 0) is 23.7 Å². The molecule has 2 saturated heterocycles. The molecule has 260 valence electrons. The Morgan fingerprint density at radius 3 is 1.59 bits per heavy atom. The summed E-state index contributed by atoms with van der Waals surface area (Å²) in [5.41, 5.74) is 0. The summed E-state index contributed by atoms with van der Waals surface area (Å²) in [5.74, 6) is -0.478. The highest BCUT2D eigenvalue weighted by Gasteiger charge is 2.50. The summed E-state index contributed by atoms with van der Waals surface area (Å²) < 4.78 is 21.3. The van der Waals surface area contributed by atoms with Gasteiger partial charge in [-0.3, -0.25) is 4.79 Å². The Labute approximate surface area is 262 Å². The Morgan fingerprint density at radius 2 is 1.09 bits per heavy atom. The minimum atomic E-state index is -1.77. The van der Waals surface area contributed by atoms with E-state index in [0.29, 0.717) is 6.42 Å². The van der Waals surface area contributed by atoms with Crippen LogP contribution in [0.25, 0.3) is 0 Å². The van der Waals surface area contributed by atoms with Crippen LogP contribution in [0.4, 0.5) is 0 Å². The number of carbonyl (C=O) groups is 1. The highest BCUT2D eigenvalue weighted by Crippen LogP contribution is 2.29. The molecule has 0 saturated carbocycles. The van der Waals surface area contributed by atoms with E-state index in [1.54, 1.807) is 0 Å². The molecule has 0 aromatic rings. The fraction of sp³-hybridized carbons (Fsp3) is 0.969. The number of esters is 1. The molecule has 0 amide bonds. The first-order valence-corrected chi connectivity index (χ1v) is 17.0. The predicted octanol–water partition coefficient (Wildman–Crippen LogP) is 2.20. The zero-order valence-electron chi connectivity index (χ0n) is 26.6. The molecule has 44 heavy (non-hydrogen) atoms. The first-order chi connectivity index (χ1) is 21.2. The van der Waals surface area contributed by atoms with Crippen LogP contribution in [0.1, 0.15) is 122 Å². The summed E-state index contributed by atoms with van der Waals surface area (Å²) in [7, 11) is 0. The van der Waals surface area contributed by atoms with E-state index in [2.05, 4.69) is 6.92 Å². The van der Waals surface area contributed by atoms with Crippen molar-refractivity contribution >= 4 is 5.97 Å². The molecule has 2 rings (SSSR count). The van der Waals surface area contributed by atoms with Gasteiger partial charge in [0.2, 0.25) is 0 Å². The van der Waals surface area contributed by atoms with Crippen LogP contribution in [0.3, 0.4) is 0 Å². The van der Waals surface area contributed by atoms with Crippen molar-refractivity contribution in [3.05, 3.63) is 0 Å². The number of unbranched alkanes of at least 4 members (excludes halogenated alkanes) is 16. The third-order valence-corrected chi connectivity index (χ3v) is 8.69. The fourth-order valence-corrected chi connectivity index (χ4v) is 5.80. The van der Waals surface area contributed by atoms with Gasteiger partial charge >= 0.3 is 5.97 Å². The molecule has 0 radical (unpaired) electrons. The SMILES string of the molecule is CCCCCCCCCCCCCCCCCCCC(=O)OC[C@H]1O[C@@H](O[C@H]2[C@H](O)[C@H](O)C(O)O[C@@H]2CO)[C@@H](O)[C@@H](O)[C@@H]1O. The molecule has 2 aliphatic rings. The maximum atomic E-state index is 12.3. The van der Waals surface area contributed by atoms with Gasteiger partial charge in [0.15, 0.2) is 12.6 Å². The maximum absolute atomic E-state index is 12.3. The van der Waals surface area contributed by atoms with Crippen LogP contribution < -0.4 is 0 Å². The molecular formula is C32H60O12. The smallest absolute Gasteiger partial charge is 0.305 e. The number of ether oxygens (including phenoxy) is 4. The fourth-order valence-electron chi connectivity index (χ4n) is 5.80. The van der Waals surface area contributed by atoms with Gasteiger partial charge in [-0.2, -0.15) is 0 Å². The molecule has 1 unspecified atom stereocenters. The average molecular weight is 637 g/mol. The summed E-state index contributed by atoms with van der Waals surface area (Å²) >= 11 is 0. The zero-order valence-corrected chi connectivity index (χ0v) is 26.6. The molecular weight excluding hydrogens is 576 g/mol. The van der Waals surface area contributed by atoms with Crippen molar-refractivity contribution in [1.29, 1.82) is 0 Å². The molecule has 0 aromatic carbocycles. The van der Waals surface area contributed by atoms with Crippen molar-refractivity contribution in [2.24, 2.45) is 0 Å².